The third kappa shape index (κ3) is 4.31. The molecule has 0 spiro atoms. The normalized spacial score (nSPS) is 19.8. The van der Waals surface area contributed by atoms with E-state index in [-0.39, 0.29) is 30.0 Å². The van der Waals surface area contributed by atoms with Gasteiger partial charge in [-0.05, 0) is 36.2 Å². The van der Waals surface area contributed by atoms with E-state index in [1.807, 2.05) is 6.07 Å². The van der Waals surface area contributed by atoms with Crippen LogP contribution < -0.4 is 10.1 Å². The van der Waals surface area contributed by atoms with Crippen LogP contribution in [0.15, 0.2) is 47.1 Å². The number of rotatable bonds is 6. The standard InChI is InChI=1S/C17H16F3NO3/c18-17(19,20)10-24-12-4-1-3-11(7-12)9-21-16(22)14-8-13(14)15-5-2-6-23-15/h1-7,13-14H,8-10H2,(H,21,22). The molecule has 24 heavy (non-hydrogen) atoms. The molecule has 1 aromatic carbocycles. The summed E-state index contributed by atoms with van der Waals surface area (Å²) in [6.45, 7) is -1.10. The summed E-state index contributed by atoms with van der Waals surface area (Å²) >= 11 is 0. The van der Waals surface area contributed by atoms with Gasteiger partial charge < -0.3 is 14.5 Å². The van der Waals surface area contributed by atoms with Crippen molar-refractivity contribution in [3.8, 4) is 5.75 Å². The summed E-state index contributed by atoms with van der Waals surface area (Å²) in [6, 6.07) is 9.88. The predicted octanol–water partition coefficient (Wildman–Crippen LogP) is 3.64. The van der Waals surface area contributed by atoms with Crippen LogP contribution in [0.5, 0.6) is 5.75 Å². The van der Waals surface area contributed by atoms with Crippen molar-refractivity contribution in [2.45, 2.75) is 25.1 Å². The van der Waals surface area contributed by atoms with Crippen molar-refractivity contribution < 1.29 is 27.1 Å². The van der Waals surface area contributed by atoms with Gasteiger partial charge in [0.05, 0.1) is 6.26 Å². The van der Waals surface area contributed by atoms with Gasteiger partial charge in [0.2, 0.25) is 5.91 Å². The van der Waals surface area contributed by atoms with Crippen molar-refractivity contribution in [1.82, 2.24) is 5.32 Å². The maximum Gasteiger partial charge on any atom is 0.422 e. The number of amides is 1. The highest BCUT2D eigenvalue weighted by molar-refractivity contribution is 5.82. The number of benzene rings is 1. The minimum atomic E-state index is -4.38. The van der Waals surface area contributed by atoms with Gasteiger partial charge in [-0.15, -0.1) is 0 Å². The van der Waals surface area contributed by atoms with E-state index in [0.717, 1.165) is 12.2 Å². The number of hydrogen-bond donors (Lipinski definition) is 1. The van der Waals surface area contributed by atoms with Crippen LogP contribution in [-0.2, 0) is 11.3 Å². The second kappa shape index (κ2) is 6.59. The van der Waals surface area contributed by atoms with E-state index in [1.165, 1.54) is 12.1 Å². The molecule has 1 fully saturated rings. The Bertz CT molecular complexity index is 697. The van der Waals surface area contributed by atoms with Gasteiger partial charge in [-0.3, -0.25) is 4.79 Å². The molecule has 1 aromatic heterocycles. The lowest BCUT2D eigenvalue weighted by Crippen LogP contribution is -2.25. The van der Waals surface area contributed by atoms with E-state index < -0.39 is 12.8 Å². The molecule has 3 rings (SSSR count). The summed E-state index contributed by atoms with van der Waals surface area (Å²) in [4.78, 5) is 12.1. The number of ether oxygens (including phenoxy) is 1. The van der Waals surface area contributed by atoms with Gasteiger partial charge in [-0.25, -0.2) is 0 Å². The number of furan rings is 1. The van der Waals surface area contributed by atoms with Gasteiger partial charge >= 0.3 is 6.18 Å². The fourth-order valence-corrected chi connectivity index (χ4v) is 2.53. The number of nitrogens with one attached hydrogen (secondary N) is 1. The first-order valence-corrected chi connectivity index (χ1v) is 7.52. The van der Waals surface area contributed by atoms with E-state index >= 15 is 0 Å². The van der Waals surface area contributed by atoms with Crippen LogP contribution in [0.3, 0.4) is 0 Å². The Balaban J connectivity index is 1.49. The largest absolute Gasteiger partial charge is 0.484 e. The maximum absolute atomic E-state index is 12.2. The van der Waals surface area contributed by atoms with Crippen molar-refractivity contribution in [3.05, 3.63) is 54.0 Å². The molecule has 128 valence electrons. The lowest BCUT2D eigenvalue weighted by molar-refractivity contribution is -0.153. The summed E-state index contributed by atoms with van der Waals surface area (Å²) in [5.41, 5.74) is 0.679. The number of hydrogen-bond acceptors (Lipinski definition) is 3. The van der Waals surface area contributed by atoms with E-state index in [1.54, 1.807) is 24.5 Å². The Morgan fingerprint density at radius 3 is 2.83 bits per heavy atom. The number of carbonyl (C=O) groups is 1. The molecule has 7 heteroatoms. The average Bonchev–Trinajstić information content (AvgIpc) is 3.16. The monoisotopic (exact) mass is 339 g/mol. The molecule has 2 atom stereocenters. The first-order valence-electron chi connectivity index (χ1n) is 7.52. The van der Waals surface area contributed by atoms with Gasteiger partial charge in [0.25, 0.3) is 0 Å². The predicted molar refractivity (Wildman–Crippen MR) is 79.4 cm³/mol. The highest BCUT2D eigenvalue weighted by Gasteiger charge is 2.45. The molecule has 1 N–H and O–H groups in total. The van der Waals surface area contributed by atoms with Gasteiger partial charge in [0, 0.05) is 18.4 Å². The van der Waals surface area contributed by atoms with E-state index in [4.69, 9.17) is 9.15 Å². The first kappa shape index (κ1) is 16.4. The highest BCUT2D eigenvalue weighted by Crippen LogP contribution is 2.47. The molecule has 2 unspecified atom stereocenters. The zero-order valence-corrected chi connectivity index (χ0v) is 12.7. The van der Waals surface area contributed by atoms with Crippen molar-refractivity contribution >= 4 is 5.91 Å². The molecule has 1 amide bonds. The zero-order valence-electron chi connectivity index (χ0n) is 12.7. The number of halogens is 3. The summed E-state index contributed by atoms with van der Waals surface area (Å²) in [6.07, 6.45) is -2.06. The van der Waals surface area contributed by atoms with Gasteiger partial charge in [0.15, 0.2) is 6.61 Å². The molecule has 0 saturated heterocycles. The average molecular weight is 339 g/mol. The van der Waals surface area contributed by atoms with E-state index in [0.29, 0.717) is 5.56 Å². The smallest absolute Gasteiger partial charge is 0.422 e. The van der Waals surface area contributed by atoms with Crippen molar-refractivity contribution in [2.24, 2.45) is 5.92 Å². The fraction of sp³-hybridized carbons (Fsp3) is 0.353. The molecule has 1 aliphatic rings. The van der Waals surface area contributed by atoms with Gasteiger partial charge in [-0.1, -0.05) is 12.1 Å². The molecular weight excluding hydrogens is 323 g/mol. The molecule has 0 radical (unpaired) electrons. The molecular formula is C17H16F3NO3. The zero-order chi connectivity index (χ0) is 17.2. The van der Waals surface area contributed by atoms with E-state index in [9.17, 15) is 18.0 Å². The van der Waals surface area contributed by atoms with Crippen LogP contribution in [0.1, 0.15) is 23.7 Å². The topological polar surface area (TPSA) is 51.5 Å². The van der Waals surface area contributed by atoms with Crippen LogP contribution in [-0.4, -0.2) is 18.7 Å². The van der Waals surface area contributed by atoms with Crippen LogP contribution in [0.4, 0.5) is 13.2 Å². The highest BCUT2D eigenvalue weighted by atomic mass is 19.4. The molecule has 1 aliphatic carbocycles. The lowest BCUT2D eigenvalue weighted by atomic mass is 10.2. The summed E-state index contributed by atoms with van der Waals surface area (Å²) in [5.74, 6) is 0.844. The Kier molecular flexibility index (Phi) is 4.51. The molecule has 2 aromatic rings. The Hall–Kier alpha value is -2.44. The molecule has 1 heterocycles. The van der Waals surface area contributed by atoms with E-state index in [2.05, 4.69) is 5.32 Å². The SMILES string of the molecule is O=C(NCc1cccc(OCC(F)(F)F)c1)C1CC1c1ccco1. The molecule has 0 bridgehead atoms. The Morgan fingerprint density at radius 1 is 1.29 bits per heavy atom. The van der Waals surface area contributed by atoms with Crippen LogP contribution in [0.2, 0.25) is 0 Å². The van der Waals surface area contributed by atoms with Crippen molar-refractivity contribution in [1.29, 1.82) is 0 Å². The van der Waals surface area contributed by atoms with Crippen LogP contribution in [0, 0.1) is 5.92 Å². The lowest BCUT2D eigenvalue weighted by Gasteiger charge is -2.10. The molecule has 4 nitrogen and oxygen atoms in total. The minimum Gasteiger partial charge on any atom is -0.484 e. The summed E-state index contributed by atoms with van der Waals surface area (Å²) < 4.78 is 46.4. The summed E-state index contributed by atoms with van der Waals surface area (Å²) in [7, 11) is 0. The number of alkyl halides is 3. The molecule has 0 aliphatic heterocycles. The number of carbonyl (C=O) groups excluding carboxylic acids is 1. The van der Waals surface area contributed by atoms with Gasteiger partial charge in [0.1, 0.15) is 11.5 Å². The minimum absolute atomic E-state index is 0.0852. The van der Waals surface area contributed by atoms with Crippen LogP contribution in [0.25, 0.3) is 0 Å². The van der Waals surface area contributed by atoms with Gasteiger partial charge in [-0.2, -0.15) is 13.2 Å². The van der Waals surface area contributed by atoms with Crippen molar-refractivity contribution in [2.75, 3.05) is 6.61 Å². The first-order chi connectivity index (χ1) is 11.4. The van der Waals surface area contributed by atoms with Crippen molar-refractivity contribution in [3.63, 3.8) is 0 Å². The Labute approximate surface area is 136 Å². The Morgan fingerprint density at radius 2 is 2.12 bits per heavy atom. The molecule has 1 saturated carbocycles. The fourth-order valence-electron chi connectivity index (χ4n) is 2.53. The maximum atomic E-state index is 12.2. The van der Waals surface area contributed by atoms with Crippen LogP contribution >= 0.6 is 0 Å². The third-order valence-electron chi connectivity index (χ3n) is 3.80. The second-order valence-electron chi connectivity index (χ2n) is 5.73. The quantitative estimate of drug-likeness (QED) is 0.874. The second-order valence-corrected chi connectivity index (χ2v) is 5.73. The summed E-state index contributed by atoms with van der Waals surface area (Å²) in [5, 5.41) is 2.79. The third-order valence-corrected chi connectivity index (χ3v) is 3.80.